The van der Waals surface area contributed by atoms with E-state index in [1.54, 1.807) is 12.1 Å². The number of benzene rings is 2. The maximum Gasteiger partial charge on any atom is 0.267 e. The minimum absolute atomic E-state index is 0.344. The third kappa shape index (κ3) is 4.31. The molecule has 0 aliphatic carbocycles. The second-order valence-electron chi connectivity index (χ2n) is 8.00. The maximum atomic E-state index is 13.7. The first-order valence-electron chi connectivity index (χ1n) is 10.1. The fourth-order valence-corrected chi connectivity index (χ4v) is 6.38. The molecule has 2 unspecified atom stereocenters. The second-order valence-corrected chi connectivity index (χ2v) is 10.6. The lowest BCUT2D eigenvalue weighted by Gasteiger charge is -2.41. The smallest absolute Gasteiger partial charge is 0.267 e. The number of hydrogen-bond acceptors (Lipinski definition) is 7. The van der Waals surface area contributed by atoms with Crippen LogP contribution >= 0.6 is 11.8 Å². The molecule has 0 saturated carbocycles. The molecule has 0 radical (unpaired) electrons. The fourth-order valence-electron chi connectivity index (χ4n) is 4.08. The van der Waals surface area contributed by atoms with Crippen LogP contribution in [-0.4, -0.2) is 51.9 Å². The van der Waals surface area contributed by atoms with Crippen molar-refractivity contribution >= 4 is 32.7 Å². The van der Waals surface area contributed by atoms with E-state index < -0.39 is 21.1 Å². The van der Waals surface area contributed by atoms with E-state index in [-0.39, 0.29) is 5.82 Å². The minimum atomic E-state index is -3.85. The summed E-state index contributed by atoms with van der Waals surface area (Å²) in [6.45, 7) is 1.30. The third-order valence-electron chi connectivity index (χ3n) is 5.50. The van der Waals surface area contributed by atoms with Gasteiger partial charge >= 0.3 is 0 Å². The van der Waals surface area contributed by atoms with Crippen molar-refractivity contribution in [1.82, 2.24) is 4.90 Å². The number of fused-ring (bicyclic) bond motifs is 1. The molecule has 2 aromatic rings. The zero-order valence-corrected chi connectivity index (χ0v) is 19.4. The van der Waals surface area contributed by atoms with Gasteiger partial charge in [-0.2, -0.15) is 8.42 Å². The first kappa shape index (κ1) is 22.1. The van der Waals surface area contributed by atoms with Crippen molar-refractivity contribution in [2.75, 3.05) is 38.3 Å². The summed E-state index contributed by atoms with van der Waals surface area (Å²) in [4.78, 5) is 8.68. The lowest BCUT2D eigenvalue weighted by atomic mass is 9.92. The highest BCUT2D eigenvalue weighted by molar-refractivity contribution is 8.14. The molecule has 4 rings (SSSR count). The molecule has 0 bridgehead atoms. The van der Waals surface area contributed by atoms with Crippen molar-refractivity contribution in [3.63, 3.8) is 0 Å². The van der Waals surface area contributed by atoms with Crippen molar-refractivity contribution in [2.45, 2.75) is 23.8 Å². The normalized spacial score (nSPS) is 23.8. The van der Waals surface area contributed by atoms with Crippen molar-refractivity contribution in [3.05, 3.63) is 65.5 Å². The molecule has 2 aromatic carbocycles. The van der Waals surface area contributed by atoms with Gasteiger partial charge in [-0.15, -0.1) is 0 Å². The van der Waals surface area contributed by atoms with Crippen LogP contribution in [0.5, 0.6) is 0 Å². The van der Waals surface area contributed by atoms with E-state index in [1.807, 2.05) is 48.2 Å². The third-order valence-corrected chi connectivity index (χ3v) is 7.44. The molecule has 6 nitrogen and oxygen atoms in total. The summed E-state index contributed by atoms with van der Waals surface area (Å²) in [5, 5.41) is 0.317. The van der Waals surface area contributed by atoms with Crippen LogP contribution in [0.2, 0.25) is 0 Å². The van der Waals surface area contributed by atoms with Gasteiger partial charge in [0.05, 0.1) is 11.5 Å². The van der Waals surface area contributed by atoms with Crippen molar-refractivity contribution in [3.8, 4) is 0 Å². The fraction of sp³-hybridized carbons (Fsp3) is 0.409. The average Bonchev–Trinajstić information content (AvgIpc) is 2.86. The average molecular weight is 464 g/mol. The SMILES string of the molecule is CN(C)c1ccc(C2(OS(C)(=O)=O)C(c3ccc(F)cc3)SC3=NCCCCN32)cc1. The summed E-state index contributed by atoms with van der Waals surface area (Å²) in [6, 6.07) is 13.9. The molecule has 0 aromatic heterocycles. The van der Waals surface area contributed by atoms with Crippen molar-refractivity contribution in [2.24, 2.45) is 4.99 Å². The van der Waals surface area contributed by atoms with E-state index in [2.05, 4.69) is 0 Å². The molecule has 9 heteroatoms. The Balaban J connectivity index is 1.95. The largest absolute Gasteiger partial charge is 0.378 e. The number of nitrogens with zero attached hydrogens (tertiary/aromatic N) is 3. The van der Waals surface area contributed by atoms with Crippen LogP contribution in [-0.2, 0) is 20.0 Å². The highest BCUT2D eigenvalue weighted by Crippen LogP contribution is 2.57. The first-order chi connectivity index (χ1) is 14.7. The minimum Gasteiger partial charge on any atom is -0.378 e. The summed E-state index contributed by atoms with van der Waals surface area (Å²) in [5.74, 6) is -0.344. The lowest BCUT2D eigenvalue weighted by molar-refractivity contribution is -0.0391. The van der Waals surface area contributed by atoms with Gasteiger partial charge in [0.25, 0.3) is 10.1 Å². The number of thioether (sulfide) groups is 1. The molecule has 0 spiro atoms. The van der Waals surface area contributed by atoms with Crippen LogP contribution in [0.25, 0.3) is 0 Å². The first-order valence-corrected chi connectivity index (χ1v) is 12.8. The Morgan fingerprint density at radius 2 is 1.81 bits per heavy atom. The molecule has 2 aliphatic rings. The topological polar surface area (TPSA) is 62.2 Å². The molecule has 0 amide bonds. The number of anilines is 1. The number of rotatable bonds is 5. The van der Waals surface area contributed by atoms with Crippen LogP contribution in [0.3, 0.4) is 0 Å². The van der Waals surface area contributed by atoms with Crippen LogP contribution in [0.4, 0.5) is 10.1 Å². The summed E-state index contributed by atoms with van der Waals surface area (Å²) < 4.78 is 44.8. The van der Waals surface area contributed by atoms with Gasteiger partial charge in [0.15, 0.2) is 5.17 Å². The highest BCUT2D eigenvalue weighted by atomic mass is 32.2. The van der Waals surface area contributed by atoms with Crippen molar-refractivity contribution < 1.29 is 17.0 Å². The van der Waals surface area contributed by atoms with E-state index in [1.165, 1.54) is 23.9 Å². The predicted molar refractivity (Wildman–Crippen MR) is 123 cm³/mol. The van der Waals surface area contributed by atoms with Gasteiger partial charge in [-0.25, -0.2) is 8.57 Å². The van der Waals surface area contributed by atoms with E-state index in [0.29, 0.717) is 13.1 Å². The van der Waals surface area contributed by atoms with Gasteiger partial charge in [-0.1, -0.05) is 36.0 Å². The van der Waals surface area contributed by atoms with E-state index in [4.69, 9.17) is 9.18 Å². The Labute approximate surface area is 187 Å². The van der Waals surface area contributed by atoms with E-state index in [9.17, 15) is 12.8 Å². The van der Waals surface area contributed by atoms with E-state index >= 15 is 0 Å². The number of hydrogen-bond donors (Lipinski definition) is 0. The standard InChI is InChI=1S/C22H26FN3O3S2/c1-25(2)19-12-8-17(9-13-19)22(29-31(3,27)28)20(16-6-10-18(23)11-7-16)30-21-24-14-4-5-15-26(21)22/h6-13,20H,4-5,14-15H2,1-3H3. The molecule has 2 atom stereocenters. The maximum absolute atomic E-state index is 13.7. The van der Waals surface area contributed by atoms with Crippen LogP contribution in [0.15, 0.2) is 53.5 Å². The quantitative estimate of drug-likeness (QED) is 0.626. The van der Waals surface area contributed by atoms with E-state index in [0.717, 1.165) is 41.1 Å². The van der Waals surface area contributed by atoms with Gasteiger partial charge in [-0.3, -0.25) is 4.99 Å². The zero-order chi connectivity index (χ0) is 22.2. The van der Waals surface area contributed by atoms with Crippen LogP contribution < -0.4 is 4.90 Å². The van der Waals surface area contributed by atoms with Gasteiger partial charge in [-0.05, 0) is 42.7 Å². The van der Waals surface area contributed by atoms with Crippen LogP contribution in [0, 0.1) is 5.82 Å². The Bertz CT molecular complexity index is 1070. The molecule has 2 aliphatic heterocycles. The summed E-state index contributed by atoms with van der Waals surface area (Å²) >= 11 is 1.47. The molecule has 2 heterocycles. The highest BCUT2D eigenvalue weighted by Gasteiger charge is 2.57. The van der Waals surface area contributed by atoms with Gasteiger partial charge in [0.1, 0.15) is 5.82 Å². The lowest BCUT2D eigenvalue weighted by Crippen LogP contribution is -2.49. The summed E-state index contributed by atoms with van der Waals surface area (Å²) in [5.41, 5.74) is 1.18. The molecule has 1 saturated heterocycles. The van der Waals surface area contributed by atoms with Crippen LogP contribution in [0.1, 0.15) is 29.2 Å². The molecule has 1 fully saturated rings. The van der Waals surface area contributed by atoms with Crippen molar-refractivity contribution in [1.29, 1.82) is 0 Å². The monoisotopic (exact) mass is 463 g/mol. The predicted octanol–water partition coefficient (Wildman–Crippen LogP) is 3.96. The van der Waals surface area contributed by atoms with Gasteiger partial charge in [0, 0.05) is 38.4 Å². The molecular formula is C22H26FN3O3S2. The van der Waals surface area contributed by atoms with Gasteiger partial charge < -0.3 is 9.80 Å². The Hall–Kier alpha value is -2.10. The number of halogens is 1. The van der Waals surface area contributed by atoms with Gasteiger partial charge in [0.2, 0.25) is 5.72 Å². The molecule has 166 valence electrons. The summed E-state index contributed by atoms with van der Waals surface area (Å²) in [6.07, 6.45) is 2.87. The zero-order valence-electron chi connectivity index (χ0n) is 17.8. The Morgan fingerprint density at radius 3 is 2.42 bits per heavy atom. The molecule has 0 N–H and O–H groups in total. The second kappa shape index (κ2) is 8.44. The molecule has 31 heavy (non-hydrogen) atoms. The number of amidine groups is 1. The molecular weight excluding hydrogens is 437 g/mol. The number of aliphatic imine (C=N–C) groups is 1. The Morgan fingerprint density at radius 1 is 1.13 bits per heavy atom. The Kier molecular flexibility index (Phi) is 6.02. The summed E-state index contributed by atoms with van der Waals surface area (Å²) in [7, 11) is 0.0504.